The zero-order chi connectivity index (χ0) is 32.1. The van der Waals surface area contributed by atoms with E-state index in [1.807, 2.05) is 12.1 Å². The number of halogens is 1. The van der Waals surface area contributed by atoms with Crippen molar-refractivity contribution in [3.8, 4) is 17.3 Å². The Kier molecular flexibility index (Phi) is 12.2. The fraction of sp³-hybridized carbons (Fsp3) is 0.364. The van der Waals surface area contributed by atoms with Gasteiger partial charge in [0.05, 0.1) is 22.9 Å². The molecule has 0 saturated heterocycles. The van der Waals surface area contributed by atoms with Crippen molar-refractivity contribution in [2.75, 3.05) is 25.0 Å². The van der Waals surface area contributed by atoms with Crippen LogP contribution in [0.25, 0.3) is 11.3 Å². The largest absolute Gasteiger partial charge is 0.444 e. The maximum Gasteiger partial charge on any atom is 0.407 e. The van der Waals surface area contributed by atoms with Gasteiger partial charge >= 0.3 is 6.09 Å². The standard InChI is InChI=1S/C33H39FN6O4/c1-22(39-29(41)13-8-17-37-32(43)44-33(2,3)4)21-38-31(42)27-14-15-28(26-12-6-5-10-24(26)20-35)40-30(27)36-18-16-23-9-7-11-25(34)19-23/h5-7,9-12,14-15,19,22H,8,13,16-18,21H2,1-4H3,(H,36,40)(H,37,43)(H,38,42)(H,39,41)/t22-/m0/s1. The molecule has 232 valence electrons. The van der Waals surface area contributed by atoms with Gasteiger partial charge in [0.2, 0.25) is 5.91 Å². The first-order valence-electron chi connectivity index (χ1n) is 14.5. The average molecular weight is 603 g/mol. The van der Waals surface area contributed by atoms with E-state index in [2.05, 4.69) is 32.3 Å². The van der Waals surface area contributed by atoms with Crippen molar-refractivity contribution in [2.45, 2.75) is 58.6 Å². The van der Waals surface area contributed by atoms with Gasteiger partial charge in [0.1, 0.15) is 17.2 Å². The first-order chi connectivity index (χ1) is 20.9. The molecular weight excluding hydrogens is 563 g/mol. The zero-order valence-electron chi connectivity index (χ0n) is 25.5. The van der Waals surface area contributed by atoms with Crippen LogP contribution >= 0.6 is 0 Å². The van der Waals surface area contributed by atoms with Crippen LogP contribution in [0.1, 0.15) is 62.0 Å². The number of ether oxygens (including phenoxy) is 1. The number of carbonyl (C=O) groups is 3. The zero-order valence-corrected chi connectivity index (χ0v) is 25.5. The Balaban J connectivity index is 1.60. The average Bonchev–Trinajstić information content (AvgIpc) is 2.97. The Hall–Kier alpha value is -4.98. The molecule has 0 unspecified atom stereocenters. The van der Waals surface area contributed by atoms with Crippen LogP contribution in [0.4, 0.5) is 15.0 Å². The van der Waals surface area contributed by atoms with Gasteiger partial charge < -0.3 is 26.0 Å². The van der Waals surface area contributed by atoms with Gasteiger partial charge in [-0.2, -0.15) is 5.26 Å². The van der Waals surface area contributed by atoms with Crippen LogP contribution in [0, 0.1) is 17.1 Å². The number of anilines is 1. The summed E-state index contributed by atoms with van der Waals surface area (Å²) < 4.78 is 18.8. The van der Waals surface area contributed by atoms with Crippen LogP contribution in [-0.4, -0.2) is 54.2 Å². The summed E-state index contributed by atoms with van der Waals surface area (Å²) >= 11 is 0. The molecular formula is C33H39FN6O4. The van der Waals surface area contributed by atoms with Gasteiger partial charge in [-0.25, -0.2) is 14.2 Å². The lowest BCUT2D eigenvalue weighted by molar-refractivity contribution is -0.121. The number of alkyl carbamates (subject to hydrolysis) is 1. The van der Waals surface area contributed by atoms with E-state index in [0.717, 1.165) is 5.56 Å². The van der Waals surface area contributed by atoms with Crippen molar-refractivity contribution < 1.29 is 23.5 Å². The molecule has 3 aromatic rings. The number of hydrogen-bond acceptors (Lipinski definition) is 7. The normalized spacial score (nSPS) is 11.5. The van der Waals surface area contributed by atoms with Crippen LogP contribution < -0.4 is 21.3 Å². The van der Waals surface area contributed by atoms with E-state index in [9.17, 15) is 24.0 Å². The Labute approximate surface area is 257 Å². The van der Waals surface area contributed by atoms with E-state index >= 15 is 0 Å². The van der Waals surface area contributed by atoms with Gasteiger partial charge in [-0.15, -0.1) is 0 Å². The summed E-state index contributed by atoms with van der Waals surface area (Å²) in [7, 11) is 0. The highest BCUT2D eigenvalue weighted by atomic mass is 19.1. The number of rotatable bonds is 13. The number of nitriles is 1. The highest BCUT2D eigenvalue weighted by molar-refractivity contribution is 5.99. The minimum Gasteiger partial charge on any atom is -0.444 e. The molecule has 3 rings (SSSR count). The Morgan fingerprint density at radius 1 is 1.02 bits per heavy atom. The van der Waals surface area contributed by atoms with Crippen LogP contribution in [-0.2, 0) is 16.0 Å². The monoisotopic (exact) mass is 602 g/mol. The summed E-state index contributed by atoms with van der Waals surface area (Å²) in [4.78, 5) is 41.9. The van der Waals surface area contributed by atoms with E-state index < -0.39 is 17.6 Å². The smallest absolute Gasteiger partial charge is 0.407 e. The summed E-state index contributed by atoms with van der Waals surface area (Å²) in [6.45, 7) is 7.94. The lowest BCUT2D eigenvalue weighted by atomic mass is 10.0. The summed E-state index contributed by atoms with van der Waals surface area (Å²) in [5, 5.41) is 21.0. The van der Waals surface area contributed by atoms with E-state index in [1.165, 1.54) is 12.1 Å². The molecule has 0 radical (unpaired) electrons. The Bertz CT molecular complexity index is 1500. The molecule has 0 bridgehead atoms. The van der Waals surface area contributed by atoms with E-state index in [4.69, 9.17) is 4.74 Å². The SMILES string of the molecule is C[C@@H](CNC(=O)c1ccc(-c2ccccc2C#N)nc1NCCc1cccc(F)c1)NC(=O)CCCNC(=O)OC(C)(C)C. The van der Waals surface area contributed by atoms with Crippen LogP contribution in [0.3, 0.4) is 0 Å². The fourth-order valence-corrected chi connectivity index (χ4v) is 4.24. The molecule has 11 heteroatoms. The Morgan fingerprint density at radius 2 is 1.80 bits per heavy atom. The molecule has 1 aromatic heterocycles. The van der Waals surface area contributed by atoms with Gasteiger partial charge in [0.15, 0.2) is 0 Å². The molecule has 1 atom stereocenters. The summed E-state index contributed by atoms with van der Waals surface area (Å²) in [5.41, 5.74) is 2.09. The number of benzene rings is 2. The predicted molar refractivity (Wildman–Crippen MR) is 166 cm³/mol. The number of aromatic nitrogens is 1. The molecule has 0 fully saturated rings. The van der Waals surface area contributed by atoms with Crippen LogP contribution in [0.15, 0.2) is 60.7 Å². The number of amides is 3. The first kappa shape index (κ1) is 33.5. The van der Waals surface area contributed by atoms with Crippen LogP contribution in [0.2, 0.25) is 0 Å². The topological polar surface area (TPSA) is 145 Å². The molecule has 2 aromatic carbocycles. The van der Waals surface area contributed by atoms with Gasteiger partial charge in [-0.05, 0) is 76.4 Å². The minimum absolute atomic E-state index is 0.169. The molecule has 0 spiro atoms. The number of carbonyl (C=O) groups excluding carboxylic acids is 3. The van der Waals surface area contributed by atoms with E-state index in [1.54, 1.807) is 64.1 Å². The van der Waals surface area contributed by atoms with Crippen molar-refractivity contribution >= 4 is 23.7 Å². The highest BCUT2D eigenvalue weighted by Crippen LogP contribution is 2.25. The third-order valence-corrected chi connectivity index (χ3v) is 6.28. The molecule has 0 saturated carbocycles. The van der Waals surface area contributed by atoms with Gasteiger partial charge in [0, 0.05) is 37.7 Å². The molecule has 10 nitrogen and oxygen atoms in total. The molecule has 0 aliphatic heterocycles. The van der Waals surface area contributed by atoms with Gasteiger partial charge in [-0.3, -0.25) is 9.59 Å². The van der Waals surface area contributed by atoms with Gasteiger partial charge in [-0.1, -0.05) is 30.3 Å². The van der Waals surface area contributed by atoms with Crippen LogP contribution in [0.5, 0.6) is 0 Å². The quantitative estimate of drug-likeness (QED) is 0.203. The summed E-state index contributed by atoms with van der Waals surface area (Å²) in [6.07, 6.45) is 0.592. The molecule has 4 N–H and O–H groups in total. The first-order valence-corrected chi connectivity index (χ1v) is 14.5. The number of pyridine rings is 1. The van der Waals surface area contributed by atoms with Crippen molar-refractivity contribution in [3.05, 3.63) is 83.2 Å². The maximum atomic E-state index is 13.6. The maximum absolute atomic E-state index is 13.6. The molecule has 1 heterocycles. The second-order valence-electron chi connectivity index (χ2n) is 11.3. The summed E-state index contributed by atoms with van der Waals surface area (Å²) in [6, 6.07) is 18.5. The highest BCUT2D eigenvalue weighted by Gasteiger charge is 2.18. The second-order valence-corrected chi connectivity index (χ2v) is 11.3. The fourth-order valence-electron chi connectivity index (χ4n) is 4.24. The minimum atomic E-state index is -0.595. The van der Waals surface area contributed by atoms with Crippen molar-refractivity contribution in [3.63, 3.8) is 0 Å². The number of nitrogens with zero attached hydrogens (tertiary/aromatic N) is 2. The van der Waals surface area contributed by atoms with Crippen molar-refractivity contribution in [1.82, 2.24) is 20.9 Å². The van der Waals surface area contributed by atoms with E-state index in [-0.39, 0.29) is 36.3 Å². The molecule has 44 heavy (non-hydrogen) atoms. The van der Waals surface area contributed by atoms with Crippen molar-refractivity contribution in [2.24, 2.45) is 0 Å². The Morgan fingerprint density at radius 3 is 2.52 bits per heavy atom. The number of nitrogens with one attached hydrogen (secondary N) is 4. The molecule has 0 aliphatic rings. The molecule has 3 amide bonds. The second kappa shape index (κ2) is 16.0. The number of hydrogen-bond donors (Lipinski definition) is 4. The lowest BCUT2D eigenvalue weighted by Gasteiger charge is -2.19. The van der Waals surface area contributed by atoms with Gasteiger partial charge in [0.25, 0.3) is 5.91 Å². The predicted octanol–water partition coefficient (Wildman–Crippen LogP) is 4.95. The molecule has 0 aliphatic carbocycles. The van der Waals surface area contributed by atoms with E-state index in [0.29, 0.717) is 48.6 Å². The third kappa shape index (κ3) is 11.0. The van der Waals surface area contributed by atoms with Crippen molar-refractivity contribution in [1.29, 1.82) is 5.26 Å². The summed E-state index contributed by atoms with van der Waals surface area (Å²) in [5.74, 6) is -0.610. The lowest BCUT2D eigenvalue weighted by Crippen LogP contribution is -2.42. The third-order valence-electron chi connectivity index (χ3n) is 6.28.